The molecule has 1 aliphatic carbocycles. The van der Waals surface area contributed by atoms with Crippen molar-refractivity contribution in [2.24, 2.45) is 5.92 Å². The third-order valence-corrected chi connectivity index (χ3v) is 6.75. The zero-order valence-electron chi connectivity index (χ0n) is 16.9. The van der Waals surface area contributed by atoms with E-state index in [1.165, 1.54) is 0 Å². The molecule has 0 amide bonds. The molecule has 3 aliphatic rings. The molecule has 1 aromatic carbocycles. The maximum absolute atomic E-state index is 12.6. The average molecular weight is 413 g/mol. The molecule has 4 rings (SSSR count). The molecule has 3 fully saturated rings. The lowest BCUT2D eigenvalue weighted by atomic mass is 9.81. The van der Waals surface area contributed by atoms with Crippen molar-refractivity contribution in [2.45, 2.75) is 81.9 Å². The van der Waals surface area contributed by atoms with Crippen molar-refractivity contribution in [1.82, 2.24) is 0 Å². The van der Waals surface area contributed by atoms with Crippen LogP contribution in [0.25, 0.3) is 0 Å². The summed E-state index contributed by atoms with van der Waals surface area (Å²) in [6.45, 7) is 9.35. The third-order valence-electron chi connectivity index (χ3n) is 5.46. The van der Waals surface area contributed by atoms with E-state index < -0.39 is 21.7 Å². The molecule has 28 heavy (non-hydrogen) atoms. The summed E-state index contributed by atoms with van der Waals surface area (Å²) in [5.41, 5.74) is 0.986. The van der Waals surface area contributed by atoms with E-state index in [1.54, 1.807) is 24.3 Å². The van der Waals surface area contributed by atoms with Crippen LogP contribution in [0.4, 0.5) is 0 Å². The van der Waals surface area contributed by atoms with Gasteiger partial charge in [0, 0.05) is 5.92 Å². The molecular formula is C20H28O7S. The van der Waals surface area contributed by atoms with Crippen molar-refractivity contribution in [3.63, 3.8) is 0 Å². The fourth-order valence-corrected chi connectivity index (χ4v) is 5.26. The molecule has 0 radical (unpaired) electrons. The van der Waals surface area contributed by atoms with Gasteiger partial charge in [0.05, 0.1) is 23.7 Å². The van der Waals surface area contributed by atoms with E-state index in [-0.39, 0.29) is 41.8 Å². The van der Waals surface area contributed by atoms with Gasteiger partial charge in [-0.05, 0) is 53.2 Å². The fourth-order valence-electron chi connectivity index (χ4n) is 4.31. The van der Waals surface area contributed by atoms with Gasteiger partial charge < -0.3 is 18.9 Å². The summed E-state index contributed by atoms with van der Waals surface area (Å²) in [7, 11) is -3.85. The Morgan fingerprint density at radius 3 is 2.18 bits per heavy atom. The summed E-state index contributed by atoms with van der Waals surface area (Å²) >= 11 is 0. The van der Waals surface area contributed by atoms with E-state index >= 15 is 0 Å². The molecule has 0 spiro atoms. The first-order valence-electron chi connectivity index (χ1n) is 9.63. The molecule has 2 saturated heterocycles. The highest BCUT2D eigenvalue weighted by Gasteiger charge is 2.59. The third kappa shape index (κ3) is 3.86. The van der Waals surface area contributed by atoms with Crippen molar-refractivity contribution in [3.8, 4) is 0 Å². The molecule has 156 valence electrons. The zero-order valence-corrected chi connectivity index (χ0v) is 17.7. The van der Waals surface area contributed by atoms with E-state index in [0.29, 0.717) is 6.42 Å². The highest BCUT2D eigenvalue weighted by Crippen LogP contribution is 2.47. The van der Waals surface area contributed by atoms with Crippen LogP contribution in [0.2, 0.25) is 0 Å². The van der Waals surface area contributed by atoms with Gasteiger partial charge >= 0.3 is 0 Å². The number of rotatable bonds is 4. The van der Waals surface area contributed by atoms with Crippen molar-refractivity contribution in [3.05, 3.63) is 29.8 Å². The summed E-state index contributed by atoms with van der Waals surface area (Å²) in [6, 6.07) is 6.61. The summed E-state index contributed by atoms with van der Waals surface area (Å²) < 4.78 is 54.8. The number of hydrogen-bond donors (Lipinski definition) is 0. The van der Waals surface area contributed by atoms with Crippen molar-refractivity contribution < 1.29 is 31.5 Å². The van der Waals surface area contributed by atoms with Crippen LogP contribution in [0.1, 0.15) is 39.7 Å². The van der Waals surface area contributed by atoms with Crippen LogP contribution in [0.15, 0.2) is 29.2 Å². The first-order valence-corrected chi connectivity index (χ1v) is 11.0. The number of fused-ring (bicyclic) bond motifs is 3. The Hall–Kier alpha value is -1.03. The van der Waals surface area contributed by atoms with Gasteiger partial charge in [0.2, 0.25) is 0 Å². The second kappa shape index (κ2) is 6.75. The minimum atomic E-state index is -3.85. The summed E-state index contributed by atoms with van der Waals surface area (Å²) in [5.74, 6) is -1.67. The predicted octanol–water partition coefficient (Wildman–Crippen LogP) is 2.76. The van der Waals surface area contributed by atoms with Gasteiger partial charge in [-0.25, -0.2) is 0 Å². The predicted molar refractivity (Wildman–Crippen MR) is 100 cm³/mol. The molecule has 0 aromatic heterocycles. The number of benzene rings is 1. The van der Waals surface area contributed by atoms with Gasteiger partial charge in [-0.1, -0.05) is 17.7 Å². The van der Waals surface area contributed by atoms with Crippen LogP contribution in [0.5, 0.6) is 0 Å². The molecule has 1 saturated carbocycles. The van der Waals surface area contributed by atoms with Gasteiger partial charge in [-0.15, -0.1) is 0 Å². The Labute approximate surface area is 166 Å². The minimum absolute atomic E-state index is 0.00379. The van der Waals surface area contributed by atoms with Crippen LogP contribution in [0.3, 0.4) is 0 Å². The van der Waals surface area contributed by atoms with Crippen LogP contribution in [-0.2, 0) is 33.2 Å². The topological polar surface area (TPSA) is 80.3 Å². The van der Waals surface area contributed by atoms with Gasteiger partial charge in [0.15, 0.2) is 11.6 Å². The minimum Gasteiger partial charge on any atom is -0.344 e. The van der Waals surface area contributed by atoms with E-state index in [1.807, 2.05) is 34.6 Å². The largest absolute Gasteiger partial charge is 0.344 e. The molecular weight excluding hydrogens is 384 g/mol. The van der Waals surface area contributed by atoms with Gasteiger partial charge in [0.25, 0.3) is 10.1 Å². The quantitative estimate of drug-likeness (QED) is 0.704. The van der Waals surface area contributed by atoms with E-state index in [4.69, 9.17) is 23.1 Å². The number of aryl methyl sites for hydroxylation is 1. The molecule has 8 heteroatoms. The highest BCUT2D eigenvalue weighted by molar-refractivity contribution is 7.86. The first-order chi connectivity index (χ1) is 13.0. The Kier molecular flexibility index (Phi) is 4.88. The Morgan fingerprint density at radius 1 is 0.929 bits per heavy atom. The second-order valence-electron chi connectivity index (χ2n) is 8.75. The maximum atomic E-state index is 12.6. The number of hydrogen-bond acceptors (Lipinski definition) is 7. The highest BCUT2D eigenvalue weighted by atomic mass is 32.2. The monoisotopic (exact) mass is 412 g/mol. The summed E-state index contributed by atoms with van der Waals surface area (Å²) in [4.78, 5) is 0.147. The van der Waals surface area contributed by atoms with E-state index in [2.05, 4.69) is 0 Å². The van der Waals surface area contributed by atoms with Crippen LogP contribution in [-0.4, -0.2) is 51.0 Å². The molecule has 2 aliphatic heterocycles. The summed E-state index contributed by atoms with van der Waals surface area (Å²) in [5, 5.41) is 0. The van der Waals surface area contributed by atoms with Crippen molar-refractivity contribution >= 4 is 10.1 Å². The van der Waals surface area contributed by atoms with Gasteiger partial charge in [-0.2, -0.15) is 8.42 Å². The zero-order chi connectivity index (χ0) is 20.3. The second-order valence-corrected chi connectivity index (χ2v) is 10.4. The average Bonchev–Trinajstić information content (AvgIpc) is 3.07. The lowest BCUT2D eigenvalue weighted by Gasteiger charge is -2.36. The molecule has 0 unspecified atom stereocenters. The first kappa shape index (κ1) is 20.3. The normalized spacial score (nSPS) is 36.1. The molecule has 2 heterocycles. The fraction of sp³-hybridized carbons (Fsp3) is 0.700. The Bertz CT molecular complexity index is 831. The SMILES string of the molecule is Cc1ccc(S(=O)(=O)OC[C@H]2C[C@@H]3OC(C)(C)O[C@@H]3[C@H]3OC(C)(C)O[C@@H]23)cc1. The smallest absolute Gasteiger partial charge is 0.296 e. The lowest BCUT2D eigenvalue weighted by Crippen LogP contribution is -2.52. The van der Waals surface area contributed by atoms with Gasteiger partial charge in [-0.3, -0.25) is 4.18 Å². The molecule has 7 nitrogen and oxygen atoms in total. The van der Waals surface area contributed by atoms with Crippen molar-refractivity contribution in [1.29, 1.82) is 0 Å². The van der Waals surface area contributed by atoms with Crippen molar-refractivity contribution in [2.75, 3.05) is 6.61 Å². The van der Waals surface area contributed by atoms with Crippen LogP contribution >= 0.6 is 0 Å². The summed E-state index contributed by atoms with van der Waals surface area (Å²) in [6.07, 6.45) is -0.498. The molecule has 5 atom stereocenters. The molecule has 0 N–H and O–H groups in total. The van der Waals surface area contributed by atoms with Crippen LogP contribution < -0.4 is 0 Å². The number of ether oxygens (including phenoxy) is 4. The lowest BCUT2D eigenvalue weighted by molar-refractivity contribution is -0.176. The van der Waals surface area contributed by atoms with E-state index in [0.717, 1.165) is 5.56 Å². The Balaban J connectivity index is 1.52. The Morgan fingerprint density at radius 2 is 1.50 bits per heavy atom. The molecule has 1 aromatic rings. The molecule has 0 bridgehead atoms. The van der Waals surface area contributed by atoms with E-state index in [9.17, 15) is 8.42 Å². The van der Waals surface area contributed by atoms with Crippen LogP contribution in [0, 0.1) is 12.8 Å². The standard InChI is InChI=1S/C20H28O7S/c1-12-6-8-14(9-7-12)28(21,22)23-11-13-10-15-17(26-19(2,3)24-15)18-16(13)25-20(4,5)27-18/h6-9,13,15-18H,10-11H2,1-5H3/t13-,15+,16+,17+,18+/m1/s1. The maximum Gasteiger partial charge on any atom is 0.296 e. The van der Waals surface area contributed by atoms with Gasteiger partial charge in [0.1, 0.15) is 12.2 Å².